The van der Waals surface area contributed by atoms with Gasteiger partial charge in [0.1, 0.15) is 0 Å². The molecule has 0 aliphatic heterocycles. The van der Waals surface area contributed by atoms with Gasteiger partial charge in [-0.25, -0.2) is 0 Å². The zero-order valence-electron chi connectivity index (χ0n) is 8.21. The van der Waals surface area contributed by atoms with Crippen molar-refractivity contribution in [2.75, 3.05) is 0 Å². The van der Waals surface area contributed by atoms with Crippen LogP contribution in [-0.2, 0) is 9.59 Å². The summed E-state index contributed by atoms with van der Waals surface area (Å²) in [4.78, 5) is 22.7. The van der Waals surface area contributed by atoms with Crippen molar-refractivity contribution in [1.82, 2.24) is 10.9 Å². The minimum atomic E-state index is -0.0312. The van der Waals surface area contributed by atoms with Crippen LogP contribution in [-0.4, -0.2) is 11.8 Å². The van der Waals surface area contributed by atoms with Gasteiger partial charge in [-0.1, -0.05) is 12.8 Å². The fourth-order valence-electron chi connectivity index (χ4n) is 1.86. The van der Waals surface area contributed by atoms with E-state index in [1.807, 2.05) is 0 Å². The minimum Gasteiger partial charge on any atom is -0.273 e. The fourth-order valence-corrected chi connectivity index (χ4v) is 1.86. The van der Waals surface area contributed by atoms with Crippen LogP contribution in [0.25, 0.3) is 0 Å². The number of rotatable bonds is 2. The lowest BCUT2D eigenvalue weighted by Crippen LogP contribution is -2.44. The van der Waals surface area contributed by atoms with Crippen LogP contribution in [0.4, 0.5) is 0 Å². The topological polar surface area (TPSA) is 58.2 Å². The summed E-state index contributed by atoms with van der Waals surface area (Å²) in [6, 6.07) is 0. The van der Waals surface area contributed by atoms with E-state index in [0.29, 0.717) is 0 Å². The molecule has 78 valence electrons. The third-order valence-electron chi connectivity index (χ3n) is 2.98. The van der Waals surface area contributed by atoms with Crippen molar-refractivity contribution in [1.29, 1.82) is 0 Å². The molecule has 0 unspecified atom stereocenters. The van der Waals surface area contributed by atoms with E-state index in [0.717, 1.165) is 38.5 Å². The van der Waals surface area contributed by atoms with E-state index in [-0.39, 0.29) is 23.7 Å². The Morgan fingerprint density at radius 3 is 1.64 bits per heavy atom. The molecule has 0 aromatic carbocycles. The number of hydrazine groups is 1. The van der Waals surface area contributed by atoms with Crippen LogP contribution in [0.5, 0.6) is 0 Å². The van der Waals surface area contributed by atoms with Crippen molar-refractivity contribution >= 4 is 11.8 Å². The molecule has 4 nitrogen and oxygen atoms in total. The third-order valence-corrected chi connectivity index (χ3v) is 2.98. The highest BCUT2D eigenvalue weighted by atomic mass is 16.2. The van der Waals surface area contributed by atoms with Gasteiger partial charge in [-0.05, 0) is 25.7 Å². The Bertz CT molecular complexity index is 243. The Labute approximate surface area is 83.4 Å². The minimum absolute atomic E-state index is 0.0171. The summed E-state index contributed by atoms with van der Waals surface area (Å²) in [5.74, 6) is 0.223. The van der Waals surface area contributed by atoms with Crippen LogP contribution >= 0.6 is 0 Å². The maximum Gasteiger partial charge on any atom is 0.241 e. The largest absolute Gasteiger partial charge is 0.273 e. The zero-order chi connectivity index (χ0) is 9.97. The standard InChI is InChI=1S/C10H16N2O2/c13-9(7-3-1-2-4-7)11-12-10(14)8-5-6-8/h7-8H,1-6H2,(H,11,13)(H,12,14). The molecule has 2 saturated carbocycles. The van der Waals surface area contributed by atoms with Gasteiger partial charge in [0, 0.05) is 11.8 Å². The van der Waals surface area contributed by atoms with Gasteiger partial charge in [0.25, 0.3) is 0 Å². The number of hydrogen-bond donors (Lipinski definition) is 2. The van der Waals surface area contributed by atoms with Crippen LogP contribution < -0.4 is 10.9 Å². The quantitative estimate of drug-likeness (QED) is 0.640. The van der Waals surface area contributed by atoms with E-state index in [1.54, 1.807) is 0 Å². The van der Waals surface area contributed by atoms with Crippen molar-refractivity contribution in [3.63, 3.8) is 0 Å². The van der Waals surface area contributed by atoms with E-state index >= 15 is 0 Å². The molecule has 2 aliphatic rings. The molecule has 2 rings (SSSR count). The normalized spacial score (nSPS) is 22.0. The Morgan fingerprint density at radius 2 is 1.21 bits per heavy atom. The molecule has 0 radical (unpaired) electrons. The third kappa shape index (κ3) is 2.25. The molecule has 0 heterocycles. The van der Waals surface area contributed by atoms with Crippen molar-refractivity contribution in [2.24, 2.45) is 11.8 Å². The molecule has 0 aromatic rings. The number of amides is 2. The van der Waals surface area contributed by atoms with Crippen LogP contribution in [0.1, 0.15) is 38.5 Å². The summed E-state index contributed by atoms with van der Waals surface area (Å²) in [6.07, 6.45) is 6.12. The van der Waals surface area contributed by atoms with Gasteiger partial charge in [-0.2, -0.15) is 0 Å². The van der Waals surface area contributed by atoms with Gasteiger partial charge in [-0.15, -0.1) is 0 Å². The Kier molecular flexibility index (Phi) is 2.70. The summed E-state index contributed by atoms with van der Waals surface area (Å²) in [5, 5.41) is 0. The lowest BCUT2D eigenvalue weighted by atomic mass is 10.1. The summed E-state index contributed by atoms with van der Waals surface area (Å²) >= 11 is 0. The van der Waals surface area contributed by atoms with Gasteiger partial charge in [0.05, 0.1) is 0 Å². The van der Waals surface area contributed by atoms with Crippen molar-refractivity contribution in [3.05, 3.63) is 0 Å². The first-order valence-corrected chi connectivity index (χ1v) is 5.37. The fraction of sp³-hybridized carbons (Fsp3) is 0.800. The van der Waals surface area contributed by atoms with Gasteiger partial charge >= 0.3 is 0 Å². The second kappa shape index (κ2) is 3.98. The second-order valence-electron chi connectivity index (χ2n) is 4.23. The van der Waals surface area contributed by atoms with Gasteiger partial charge in [0.15, 0.2) is 0 Å². The number of nitrogens with one attached hydrogen (secondary N) is 2. The SMILES string of the molecule is O=C(NNC(=O)C1CC1)C1CCCC1. The summed E-state index contributed by atoms with van der Waals surface area (Å²) < 4.78 is 0. The molecule has 0 aromatic heterocycles. The zero-order valence-corrected chi connectivity index (χ0v) is 8.21. The molecule has 2 N–H and O–H groups in total. The Balaban J connectivity index is 1.68. The van der Waals surface area contributed by atoms with Crippen molar-refractivity contribution in [2.45, 2.75) is 38.5 Å². The van der Waals surface area contributed by atoms with Crippen LogP contribution in [0.2, 0.25) is 0 Å². The average Bonchev–Trinajstić information content (AvgIpc) is 2.90. The van der Waals surface area contributed by atoms with E-state index in [2.05, 4.69) is 10.9 Å². The molecule has 0 spiro atoms. The number of carbonyl (C=O) groups is 2. The molecule has 14 heavy (non-hydrogen) atoms. The molecule has 2 fully saturated rings. The van der Waals surface area contributed by atoms with E-state index in [1.165, 1.54) is 0 Å². The second-order valence-corrected chi connectivity index (χ2v) is 4.23. The molecule has 2 aliphatic carbocycles. The molecular formula is C10H16N2O2. The lowest BCUT2D eigenvalue weighted by molar-refractivity contribution is -0.131. The van der Waals surface area contributed by atoms with Gasteiger partial charge in [-0.3, -0.25) is 20.4 Å². The van der Waals surface area contributed by atoms with Crippen molar-refractivity contribution < 1.29 is 9.59 Å². The first-order valence-electron chi connectivity index (χ1n) is 5.37. The van der Waals surface area contributed by atoms with Crippen LogP contribution in [0, 0.1) is 11.8 Å². The molecule has 0 atom stereocenters. The molecular weight excluding hydrogens is 180 g/mol. The summed E-state index contributed by atoms with van der Waals surface area (Å²) in [5.41, 5.74) is 4.99. The van der Waals surface area contributed by atoms with E-state index in [9.17, 15) is 9.59 Å². The summed E-state index contributed by atoms with van der Waals surface area (Å²) in [7, 11) is 0. The first-order chi connectivity index (χ1) is 6.77. The maximum absolute atomic E-state index is 11.5. The van der Waals surface area contributed by atoms with E-state index < -0.39 is 0 Å². The predicted octanol–water partition coefficient (Wildman–Crippen LogP) is 0.734. The monoisotopic (exact) mass is 196 g/mol. The lowest BCUT2D eigenvalue weighted by Gasteiger charge is -2.10. The van der Waals surface area contributed by atoms with Crippen LogP contribution in [0.15, 0.2) is 0 Å². The molecule has 4 heteroatoms. The highest BCUT2D eigenvalue weighted by Crippen LogP contribution is 2.28. The predicted molar refractivity (Wildman–Crippen MR) is 51.0 cm³/mol. The van der Waals surface area contributed by atoms with E-state index in [4.69, 9.17) is 0 Å². The average molecular weight is 196 g/mol. The smallest absolute Gasteiger partial charge is 0.241 e. The number of carbonyl (C=O) groups excluding carboxylic acids is 2. The van der Waals surface area contributed by atoms with Crippen molar-refractivity contribution in [3.8, 4) is 0 Å². The Morgan fingerprint density at radius 1 is 0.786 bits per heavy atom. The van der Waals surface area contributed by atoms with Gasteiger partial charge in [0.2, 0.25) is 11.8 Å². The Hall–Kier alpha value is -1.06. The van der Waals surface area contributed by atoms with Gasteiger partial charge < -0.3 is 0 Å². The first kappa shape index (κ1) is 9.49. The highest BCUT2D eigenvalue weighted by molar-refractivity contribution is 5.85. The van der Waals surface area contributed by atoms with Crippen LogP contribution in [0.3, 0.4) is 0 Å². The molecule has 0 bridgehead atoms. The number of hydrogen-bond acceptors (Lipinski definition) is 2. The summed E-state index contributed by atoms with van der Waals surface area (Å²) in [6.45, 7) is 0. The maximum atomic E-state index is 11.5. The highest BCUT2D eigenvalue weighted by Gasteiger charge is 2.30. The molecule has 0 saturated heterocycles. The molecule has 2 amide bonds.